The maximum absolute atomic E-state index is 12.9. The smallest absolute Gasteiger partial charge is 0.462 e. The number of nitrogens with zero attached hydrogens (tertiary/aromatic N) is 1. The van der Waals surface area contributed by atoms with E-state index in [4.69, 9.17) is 18.5 Å². The van der Waals surface area contributed by atoms with E-state index in [-0.39, 0.29) is 32.0 Å². The van der Waals surface area contributed by atoms with Crippen molar-refractivity contribution in [1.29, 1.82) is 0 Å². The van der Waals surface area contributed by atoms with Gasteiger partial charge in [0.25, 0.3) is 0 Å². The van der Waals surface area contributed by atoms with Crippen LogP contribution in [-0.2, 0) is 32.7 Å². The highest BCUT2D eigenvalue weighted by atomic mass is 31.2. The fourth-order valence-electron chi connectivity index (χ4n) is 9.07. The summed E-state index contributed by atoms with van der Waals surface area (Å²) in [5, 5.41) is 0. The van der Waals surface area contributed by atoms with Gasteiger partial charge in [-0.3, -0.25) is 18.6 Å². The second kappa shape index (κ2) is 68.5. The molecule has 0 aliphatic carbocycles. The van der Waals surface area contributed by atoms with Crippen molar-refractivity contribution in [1.82, 2.24) is 0 Å². The molecule has 0 saturated heterocycles. The summed E-state index contributed by atoms with van der Waals surface area (Å²) in [6.45, 7) is 4.18. The van der Waals surface area contributed by atoms with Gasteiger partial charge in [-0.2, -0.15) is 0 Å². The number of hydrogen-bond donors (Lipinski definition) is 1. The highest BCUT2D eigenvalue weighted by Crippen LogP contribution is 2.43. The third-order valence-electron chi connectivity index (χ3n) is 14.4. The van der Waals surface area contributed by atoms with Gasteiger partial charge in [-0.05, 0) is 135 Å². The Hall–Kier alpha value is -4.89. The van der Waals surface area contributed by atoms with Crippen LogP contribution in [0.2, 0.25) is 0 Å². The number of quaternary nitrogens is 1. The Morgan fingerprint density at radius 3 is 0.889 bits per heavy atom. The maximum atomic E-state index is 12.9. The molecule has 0 bridgehead atoms. The second-order valence-electron chi connectivity index (χ2n) is 24.2. The van der Waals surface area contributed by atoms with Crippen molar-refractivity contribution >= 4 is 19.8 Å². The molecule has 0 heterocycles. The number of unbranched alkanes of at least 4 members (excludes halogenated alkanes) is 19. The number of ether oxygens (including phenoxy) is 2. The molecular weight excluding hydrogens is 1130 g/mol. The van der Waals surface area contributed by atoms with Crippen molar-refractivity contribution in [3.63, 3.8) is 0 Å². The fraction of sp³-hybridized carbons (Fsp3) is 0.600. The van der Waals surface area contributed by atoms with Crippen LogP contribution in [0, 0.1) is 0 Å². The Labute approximate surface area is 552 Å². The maximum Gasteiger partial charge on any atom is 0.472 e. The van der Waals surface area contributed by atoms with Crippen LogP contribution in [0.15, 0.2) is 182 Å². The lowest BCUT2D eigenvalue weighted by Crippen LogP contribution is -2.37. The van der Waals surface area contributed by atoms with Gasteiger partial charge in [0.1, 0.15) is 19.8 Å². The Balaban J connectivity index is 4.14. The monoisotopic (exact) mass is 1260 g/mol. The number of carbonyl (C=O) groups excluding carboxylic acids is 2. The molecule has 0 aromatic heterocycles. The van der Waals surface area contributed by atoms with Crippen molar-refractivity contribution in [3.05, 3.63) is 182 Å². The first-order valence-electron chi connectivity index (χ1n) is 35.5. The van der Waals surface area contributed by atoms with Crippen molar-refractivity contribution in [2.75, 3.05) is 47.5 Å². The molecule has 0 rings (SSSR count). The molecule has 2 atom stereocenters. The molecule has 0 spiro atoms. The molecule has 10 heteroatoms. The number of likely N-dealkylation sites (N-methyl/N-ethyl adjacent to an activating group) is 1. The highest BCUT2D eigenvalue weighted by Gasteiger charge is 2.27. The predicted molar refractivity (Wildman–Crippen MR) is 389 cm³/mol. The summed E-state index contributed by atoms with van der Waals surface area (Å²) in [4.78, 5) is 35.9. The Morgan fingerprint density at radius 2 is 0.600 bits per heavy atom. The Kier molecular flexibility index (Phi) is 64.8. The molecule has 0 aliphatic heterocycles. The normalized spacial score (nSPS) is 14.2. The zero-order valence-corrected chi connectivity index (χ0v) is 58.7. The third kappa shape index (κ3) is 72.2. The minimum absolute atomic E-state index is 0.0200. The van der Waals surface area contributed by atoms with Gasteiger partial charge >= 0.3 is 19.8 Å². The molecule has 0 aromatic rings. The van der Waals surface area contributed by atoms with Crippen molar-refractivity contribution in [2.24, 2.45) is 0 Å². The molecule has 0 aliphatic rings. The molecule has 0 fully saturated rings. The number of esters is 2. The van der Waals surface area contributed by atoms with Crippen LogP contribution in [0.1, 0.15) is 258 Å². The first-order chi connectivity index (χ1) is 44.0. The molecule has 0 radical (unpaired) electrons. The topological polar surface area (TPSA) is 108 Å². The van der Waals surface area contributed by atoms with Gasteiger partial charge in [0.05, 0.1) is 27.7 Å². The minimum atomic E-state index is -4.41. The molecule has 0 saturated carbocycles. The number of phosphoric acid groups is 1. The summed E-state index contributed by atoms with van der Waals surface area (Å²) in [7, 11) is 1.45. The fourth-order valence-corrected chi connectivity index (χ4v) is 9.81. The van der Waals surface area contributed by atoms with Gasteiger partial charge < -0.3 is 18.9 Å². The van der Waals surface area contributed by atoms with E-state index in [1.807, 2.05) is 21.1 Å². The van der Waals surface area contributed by atoms with Crippen molar-refractivity contribution in [2.45, 2.75) is 264 Å². The van der Waals surface area contributed by atoms with Gasteiger partial charge in [-0.1, -0.05) is 292 Å². The number of allylic oxidation sites excluding steroid dienone is 30. The minimum Gasteiger partial charge on any atom is -0.462 e. The van der Waals surface area contributed by atoms with Crippen LogP contribution in [0.3, 0.4) is 0 Å². The van der Waals surface area contributed by atoms with E-state index in [0.717, 1.165) is 154 Å². The highest BCUT2D eigenvalue weighted by molar-refractivity contribution is 7.47. The first kappa shape index (κ1) is 85.1. The quantitative estimate of drug-likeness (QED) is 0.0211. The Morgan fingerprint density at radius 1 is 0.344 bits per heavy atom. The lowest BCUT2D eigenvalue weighted by Gasteiger charge is -2.24. The van der Waals surface area contributed by atoms with E-state index in [9.17, 15) is 19.0 Å². The number of phosphoric ester groups is 1. The van der Waals surface area contributed by atoms with Crippen LogP contribution in [0.25, 0.3) is 0 Å². The Bertz CT molecular complexity index is 2170. The molecule has 9 nitrogen and oxygen atoms in total. The average molecular weight is 1270 g/mol. The van der Waals surface area contributed by atoms with E-state index >= 15 is 0 Å². The van der Waals surface area contributed by atoms with Crippen LogP contribution in [0.5, 0.6) is 0 Å². The summed E-state index contributed by atoms with van der Waals surface area (Å²) < 4.78 is 34.7. The van der Waals surface area contributed by atoms with Crippen LogP contribution < -0.4 is 0 Å². The van der Waals surface area contributed by atoms with E-state index < -0.39 is 26.5 Å². The molecule has 1 N–H and O–H groups in total. The molecule has 2 unspecified atom stereocenters. The predicted octanol–water partition coefficient (Wildman–Crippen LogP) is 23.5. The van der Waals surface area contributed by atoms with E-state index in [1.54, 1.807) is 0 Å². The van der Waals surface area contributed by atoms with Crippen LogP contribution in [0.4, 0.5) is 0 Å². The largest absolute Gasteiger partial charge is 0.472 e. The third-order valence-corrected chi connectivity index (χ3v) is 15.4. The van der Waals surface area contributed by atoms with E-state index in [1.165, 1.54) is 70.6 Å². The van der Waals surface area contributed by atoms with Gasteiger partial charge in [0.2, 0.25) is 0 Å². The van der Waals surface area contributed by atoms with E-state index in [0.29, 0.717) is 17.4 Å². The van der Waals surface area contributed by atoms with E-state index in [2.05, 4.69) is 196 Å². The first-order valence-corrected chi connectivity index (χ1v) is 37.0. The zero-order chi connectivity index (χ0) is 65.5. The molecule has 90 heavy (non-hydrogen) atoms. The standard InChI is InChI=1S/C80H130NO8P/c1-6-8-10-12-14-16-18-20-22-24-26-28-30-32-34-36-37-38-39-40-41-42-43-45-47-49-51-53-55-57-59-61-63-65-67-69-71-73-80(83)89-78(77-88-90(84,85)87-75-74-81(3,4)5)76-86-79(82)72-70-68-66-64-62-60-58-56-54-52-50-48-46-44-35-33-31-29-27-25-23-21-19-17-15-13-11-9-7-2/h8-11,14-17,20-23,26-29,32-35,37-38,40-41,43,45-46,48,52,54,78H,6-7,12-13,18-19,24-25,30-31,36,39,42,44,47,49-51,53,55-77H2,1-5H3/p+1/b10-8-,11-9-,16-14-,17-15-,22-20-,23-21-,28-26-,29-27-,34-32-,35-33-,38-37-,41-40-,45-43-,48-46-,54-52-. The van der Waals surface area contributed by atoms with Gasteiger partial charge in [-0.25, -0.2) is 4.57 Å². The lowest BCUT2D eigenvalue weighted by atomic mass is 10.0. The van der Waals surface area contributed by atoms with Gasteiger partial charge in [-0.15, -0.1) is 0 Å². The SMILES string of the molecule is CC/C=C\C/C=C\C/C=C\C/C=C\C/C=C\C/C=C\C/C=C\C/C=C\CCCCCCCCCCCCCCC(=O)OC(COC(=O)CCCCCCCCC/C=C\C/C=C\C/C=C\C/C=C\C/C=C\C/C=C\C/C=C\CC)COP(=O)(O)OCC[N+](C)(C)C. The van der Waals surface area contributed by atoms with Crippen LogP contribution >= 0.6 is 7.82 Å². The second-order valence-corrected chi connectivity index (χ2v) is 25.6. The zero-order valence-electron chi connectivity index (χ0n) is 57.8. The molecule has 0 amide bonds. The number of hydrogen-bond acceptors (Lipinski definition) is 7. The molecule has 508 valence electrons. The van der Waals surface area contributed by atoms with Crippen molar-refractivity contribution < 1.29 is 42.1 Å². The van der Waals surface area contributed by atoms with Gasteiger partial charge in [0.15, 0.2) is 6.10 Å². The lowest BCUT2D eigenvalue weighted by molar-refractivity contribution is -0.870. The van der Waals surface area contributed by atoms with Gasteiger partial charge in [0, 0.05) is 12.8 Å². The summed E-state index contributed by atoms with van der Waals surface area (Å²) in [5.41, 5.74) is 0. The van der Waals surface area contributed by atoms with Crippen LogP contribution in [-0.4, -0.2) is 74.9 Å². The molecular formula is C80H131NO8P+. The average Bonchev–Trinajstić information content (AvgIpc) is 3.58. The summed E-state index contributed by atoms with van der Waals surface area (Å²) >= 11 is 0. The summed E-state index contributed by atoms with van der Waals surface area (Å²) in [5.74, 6) is -0.822. The number of carbonyl (C=O) groups is 2. The summed E-state index contributed by atoms with van der Waals surface area (Å²) in [6, 6.07) is 0. The van der Waals surface area contributed by atoms with Crippen molar-refractivity contribution in [3.8, 4) is 0 Å². The summed E-state index contributed by atoms with van der Waals surface area (Å²) in [6.07, 6.45) is 106. The molecule has 0 aromatic carbocycles. The number of rotatable bonds is 63.